The number of nitrogens with one attached hydrogen (secondary N) is 1. The van der Waals surface area contributed by atoms with Crippen molar-refractivity contribution in [3.8, 4) is 0 Å². The van der Waals surface area contributed by atoms with Gasteiger partial charge < -0.3 is 5.32 Å². The lowest BCUT2D eigenvalue weighted by atomic mass is 10.2. The zero-order valence-corrected chi connectivity index (χ0v) is 13.0. The van der Waals surface area contributed by atoms with Crippen LogP contribution in [0.2, 0.25) is 0 Å². The third kappa shape index (κ3) is 3.40. The van der Waals surface area contributed by atoms with Crippen LogP contribution in [0.3, 0.4) is 0 Å². The summed E-state index contributed by atoms with van der Waals surface area (Å²) >= 11 is 6.25. The Kier molecular flexibility index (Phi) is 4.46. The lowest BCUT2D eigenvalue weighted by molar-refractivity contribution is -0.385. The Hall–Kier alpha value is -1.80. The number of pyridine rings is 1. The fourth-order valence-corrected chi connectivity index (χ4v) is 2.23. The number of halogens is 2. The molecular weight excluding hydrogens is 394 g/mol. The van der Waals surface area contributed by atoms with E-state index in [2.05, 4.69) is 42.2 Å². The van der Waals surface area contributed by atoms with Crippen LogP contribution in [0.15, 0.2) is 45.6 Å². The number of carbonyl (C=O) groups is 1. The van der Waals surface area contributed by atoms with Gasteiger partial charge in [-0.15, -0.1) is 0 Å². The lowest BCUT2D eigenvalue weighted by Gasteiger charge is -2.06. The Labute approximate surface area is 130 Å². The molecule has 0 spiro atoms. The first kappa shape index (κ1) is 14.6. The van der Waals surface area contributed by atoms with Gasteiger partial charge in [0.25, 0.3) is 11.6 Å². The van der Waals surface area contributed by atoms with E-state index in [1.54, 1.807) is 18.2 Å². The van der Waals surface area contributed by atoms with E-state index in [1.807, 2.05) is 0 Å². The molecule has 0 unspecified atom stereocenters. The zero-order valence-electron chi connectivity index (χ0n) is 9.84. The van der Waals surface area contributed by atoms with Crippen molar-refractivity contribution in [1.29, 1.82) is 0 Å². The molecule has 1 amide bonds. The third-order valence-electron chi connectivity index (χ3n) is 2.39. The number of hydrogen-bond donors (Lipinski definition) is 1. The molecule has 0 aliphatic rings. The molecule has 0 saturated carbocycles. The Morgan fingerprint density at radius 2 is 2.00 bits per heavy atom. The fraction of sp³-hybridized carbons (Fsp3) is 0. The molecule has 8 heteroatoms. The monoisotopic (exact) mass is 399 g/mol. The van der Waals surface area contributed by atoms with Gasteiger partial charge in [-0.1, -0.05) is 0 Å². The minimum absolute atomic E-state index is 0.112. The van der Waals surface area contributed by atoms with Crippen molar-refractivity contribution >= 4 is 49.1 Å². The van der Waals surface area contributed by atoms with Crippen molar-refractivity contribution < 1.29 is 9.72 Å². The van der Waals surface area contributed by atoms with E-state index < -0.39 is 4.92 Å². The number of anilines is 1. The largest absolute Gasteiger partial charge is 0.322 e. The summed E-state index contributed by atoms with van der Waals surface area (Å²) in [6, 6.07) is 7.48. The number of aromatic nitrogens is 1. The van der Waals surface area contributed by atoms with E-state index in [1.165, 1.54) is 18.3 Å². The van der Waals surface area contributed by atoms with Crippen LogP contribution in [0.1, 0.15) is 10.4 Å². The summed E-state index contributed by atoms with van der Waals surface area (Å²) in [6.45, 7) is 0. The van der Waals surface area contributed by atoms with Crippen molar-refractivity contribution in [2.75, 3.05) is 5.32 Å². The second kappa shape index (κ2) is 6.10. The Morgan fingerprint density at radius 1 is 1.25 bits per heavy atom. The van der Waals surface area contributed by atoms with E-state index in [9.17, 15) is 14.9 Å². The highest BCUT2D eigenvalue weighted by Crippen LogP contribution is 2.28. The van der Waals surface area contributed by atoms with E-state index in [-0.39, 0.29) is 11.6 Å². The number of nitro groups is 1. The maximum atomic E-state index is 12.0. The van der Waals surface area contributed by atoms with Gasteiger partial charge >= 0.3 is 0 Å². The Morgan fingerprint density at radius 3 is 2.65 bits per heavy atom. The summed E-state index contributed by atoms with van der Waals surface area (Å²) < 4.78 is 0.888. The van der Waals surface area contributed by atoms with E-state index in [0.29, 0.717) is 20.3 Å². The van der Waals surface area contributed by atoms with Gasteiger partial charge in [0, 0.05) is 23.5 Å². The van der Waals surface area contributed by atoms with Gasteiger partial charge in [0.05, 0.1) is 9.40 Å². The second-order valence-electron chi connectivity index (χ2n) is 3.74. The van der Waals surface area contributed by atoms with Crippen LogP contribution in [0.4, 0.5) is 11.4 Å². The predicted molar refractivity (Wildman–Crippen MR) is 80.7 cm³/mol. The average Bonchev–Trinajstić information content (AvgIpc) is 2.40. The van der Waals surface area contributed by atoms with Crippen molar-refractivity contribution in [3.63, 3.8) is 0 Å². The minimum atomic E-state index is -0.525. The molecule has 102 valence electrons. The normalized spacial score (nSPS) is 10.1. The molecule has 6 nitrogen and oxygen atoms in total. The fourth-order valence-electron chi connectivity index (χ4n) is 1.48. The number of nitro benzene ring substituents is 1. The minimum Gasteiger partial charge on any atom is -0.322 e. The molecule has 0 aliphatic carbocycles. The molecule has 1 aromatic heterocycles. The SMILES string of the molecule is O=C(Nc1ccc(Br)c([N+](=O)[O-])c1)c1ccnc(Br)c1. The summed E-state index contributed by atoms with van der Waals surface area (Å²) in [5, 5.41) is 13.4. The van der Waals surface area contributed by atoms with Gasteiger partial charge in [-0.2, -0.15) is 0 Å². The van der Waals surface area contributed by atoms with Crippen LogP contribution in [0, 0.1) is 10.1 Å². The van der Waals surface area contributed by atoms with Crippen LogP contribution in [-0.4, -0.2) is 15.8 Å². The molecule has 2 aromatic rings. The van der Waals surface area contributed by atoms with Gasteiger partial charge in [-0.25, -0.2) is 4.98 Å². The smallest absolute Gasteiger partial charge is 0.285 e. The zero-order chi connectivity index (χ0) is 14.7. The van der Waals surface area contributed by atoms with Crippen molar-refractivity contribution in [2.24, 2.45) is 0 Å². The molecule has 1 aromatic carbocycles. The summed E-state index contributed by atoms with van der Waals surface area (Å²) in [7, 11) is 0. The van der Waals surface area contributed by atoms with E-state index in [0.717, 1.165) is 0 Å². The molecular formula is C12H7Br2N3O3. The van der Waals surface area contributed by atoms with Crippen LogP contribution in [0.5, 0.6) is 0 Å². The number of amides is 1. The predicted octanol–water partition coefficient (Wildman–Crippen LogP) is 3.77. The molecule has 0 radical (unpaired) electrons. The molecule has 1 heterocycles. The van der Waals surface area contributed by atoms with Gasteiger partial charge in [0.15, 0.2) is 0 Å². The van der Waals surface area contributed by atoms with Crippen molar-refractivity contribution in [2.45, 2.75) is 0 Å². The topological polar surface area (TPSA) is 85.1 Å². The van der Waals surface area contributed by atoms with Crippen LogP contribution in [0.25, 0.3) is 0 Å². The Balaban J connectivity index is 2.24. The molecule has 0 aliphatic heterocycles. The first-order valence-corrected chi connectivity index (χ1v) is 6.93. The van der Waals surface area contributed by atoms with Crippen LogP contribution in [-0.2, 0) is 0 Å². The highest BCUT2D eigenvalue weighted by molar-refractivity contribution is 9.10. The summed E-state index contributed by atoms with van der Waals surface area (Å²) in [5.74, 6) is -0.371. The Bertz CT molecular complexity index is 691. The first-order valence-electron chi connectivity index (χ1n) is 5.34. The summed E-state index contributed by atoms with van der Waals surface area (Å²) in [6.07, 6.45) is 1.49. The van der Waals surface area contributed by atoms with Gasteiger partial charge in [-0.3, -0.25) is 14.9 Å². The maximum Gasteiger partial charge on any atom is 0.285 e. The molecule has 0 saturated heterocycles. The number of carbonyl (C=O) groups excluding carboxylic acids is 1. The van der Waals surface area contributed by atoms with Gasteiger partial charge in [0.2, 0.25) is 0 Å². The highest BCUT2D eigenvalue weighted by atomic mass is 79.9. The van der Waals surface area contributed by atoms with Crippen LogP contribution < -0.4 is 5.32 Å². The van der Waals surface area contributed by atoms with Crippen molar-refractivity contribution in [3.05, 3.63) is 61.3 Å². The molecule has 0 atom stereocenters. The molecule has 0 bridgehead atoms. The van der Waals surface area contributed by atoms with Crippen molar-refractivity contribution in [1.82, 2.24) is 4.98 Å². The van der Waals surface area contributed by atoms with E-state index in [4.69, 9.17) is 0 Å². The quantitative estimate of drug-likeness (QED) is 0.482. The maximum absolute atomic E-state index is 12.0. The second-order valence-corrected chi connectivity index (χ2v) is 5.41. The number of nitrogens with zero attached hydrogens (tertiary/aromatic N) is 2. The van der Waals surface area contributed by atoms with Gasteiger partial charge in [0.1, 0.15) is 4.60 Å². The first-order chi connectivity index (χ1) is 9.47. The number of benzene rings is 1. The molecule has 0 fully saturated rings. The lowest BCUT2D eigenvalue weighted by Crippen LogP contribution is -2.12. The standard InChI is InChI=1S/C12H7Br2N3O3/c13-9-2-1-8(6-10(9)17(19)20)16-12(18)7-3-4-15-11(14)5-7/h1-6H,(H,16,18). The number of hydrogen-bond acceptors (Lipinski definition) is 4. The summed E-state index contributed by atoms with van der Waals surface area (Å²) in [4.78, 5) is 26.2. The number of rotatable bonds is 3. The molecule has 2 rings (SSSR count). The molecule has 20 heavy (non-hydrogen) atoms. The van der Waals surface area contributed by atoms with E-state index >= 15 is 0 Å². The highest BCUT2D eigenvalue weighted by Gasteiger charge is 2.14. The third-order valence-corrected chi connectivity index (χ3v) is 3.49. The van der Waals surface area contributed by atoms with Gasteiger partial charge in [-0.05, 0) is 56.1 Å². The van der Waals surface area contributed by atoms with Crippen LogP contribution >= 0.6 is 31.9 Å². The molecule has 1 N–H and O–H groups in total. The average molecular weight is 401 g/mol. The summed E-state index contributed by atoms with van der Waals surface area (Å²) in [5.41, 5.74) is 0.633.